The molecule has 2 aromatic carbocycles. The fourth-order valence-electron chi connectivity index (χ4n) is 2.97. The highest BCUT2D eigenvalue weighted by Crippen LogP contribution is 2.38. The first kappa shape index (κ1) is 25.5. The van der Waals surface area contributed by atoms with E-state index in [-0.39, 0.29) is 36.1 Å². The zero-order chi connectivity index (χ0) is 24.5. The molecule has 0 heterocycles. The molecule has 0 radical (unpaired) electrons. The first-order valence-corrected chi connectivity index (χ1v) is 9.67. The van der Waals surface area contributed by atoms with Crippen molar-refractivity contribution in [2.24, 2.45) is 0 Å². The Hall–Kier alpha value is -3.76. The molecule has 2 amide bonds. The average Bonchev–Trinajstić information content (AvgIpc) is 2.81. The Morgan fingerprint density at radius 3 is 2.03 bits per heavy atom. The van der Waals surface area contributed by atoms with Gasteiger partial charge in [-0.05, 0) is 29.8 Å². The van der Waals surface area contributed by atoms with Gasteiger partial charge in [0.1, 0.15) is 0 Å². The molecule has 2 aromatic rings. The number of nitrogens with zero attached hydrogens (tertiary/aromatic N) is 1. The number of hydrogen-bond acceptors (Lipinski definition) is 7. The van der Waals surface area contributed by atoms with Gasteiger partial charge in [0.05, 0.1) is 35.0 Å². The summed E-state index contributed by atoms with van der Waals surface area (Å²) in [6.45, 7) is -3.09. The fraction of sp³-hybridized carbons (Fsp3) is 0.364. The van der Waals surface area contributed by atoms with Gasteiger partial charge < -0.3 is 33.9 Å². The third kappa shape index (κ3) is 6.61. The number of nitrogens with one attached hydrogen (secondary N) is 1. The molecule has 0 unspecified atom stereocenters. The van der Waals surface area contributed by atoms with Crippen molar-refractivity contribution in [3.8, 4) is 28.7 Å². The van der Waals surface area contributed by atoms with Crippen molar-refractivity contribution in [2.45, 2.75) is 13.2 Å². The highest BCUT2D eigenvalue weighted by atomic mass is 19.3. The van der Waals surface area contributed by atoms with Gasteiger partial charge in [-0.2, -0.15) is 8.78 Å². The van der Waals surface area contributed by atoms with Gasteiger partial charge in [0.25, 0.3) is 5.91 Å². The van der Waals surface area contributed by atoms with Crippen LogP contribution < -0.4 is 29.0 Å². The Kier molecular flexibility index (Phi) is 9.08. The number of amides is 2. The number of carbonyl (C=O) groups is 2. The van der Waals surface area contributed by atoms with Crippen molar-refractivity contribution in [2.75, 3.05) is 42.0 Å². The minimum absolute atomic E-state index is 0.108. The summed E-state index contributed by atoms with van der Waals surface area (Å²) in [4.78, 5) is 26.4. The zero-order valence-electron chi connectivity index (χ0n) is 18.9. The van der Waals surface area contributed by atoms with E-state index in [0.717, 1.165) is 0 Å². The molecule has 0 aliphatic rings. The quantitative estimate of drug-likeness (QED) is 0.542. The Bertz CT molecular complexity index is 960. The molecule has 0 aromatic heterocycles. The maximum absolute atomic E-state index is 12.5. The first-order chi connectivity index (χ1) is 15.7. The molecule has 2 rings (SSSR count). The van der Waals surface area contributed by atoms with Crippen molar-refractivity contribution in [1.29, 1.82) is 0 Å². The van der Waals surface area contributed by atoms with Crippen LogP contribution in [0.2, 0.25) is 0 Å². The van der Waals surface area contributed by atoms with Crippen molar-refractivity contribution in [3.63, 3.8) is 0 Å². The lowest BCUT2D eigenvalue weighted by Gasteiger charge is -2.19. The molecular weight excluding hydrogens is 442 g/mol. The Morgan fingerprint density at radius 1 is 0.909 bits per heavy atom. The molecular formula is C22H26F2N2O7. The van der Waals surface area contributed by atoms with Gasteiger partial charge in [-0.25, -0.2) is 0 Å². The second-order valence-corrected chi connectivity index (χ2v) is 6.71. The van der Waals surface area contributed by atoms with Crippen molar-refractivity contribution >= 4 is 11.8 Å². The summed E-state index contributed by atoms with van der Waals surface area (Å²) in [5.41, 5.74) is 0.847. The molecule has 0 saturated heterocycles. The van der Waals surface area contributed by atoms with Gasteiger partial charge in [0, 0.05) is 19.2 Å². The summed E-state index contributed by atoms with van der Waals surface area (Å²) in [6.07, 6.45) is 0. The molecule has 9 nitrogen and oxygen atoms in total. The van der Waals surface area contributed by atoms with Gasteiger partial charge >= 0.3 is 6.61 Å². The van der Waals surface area contributed by atoms with Crippen LogP contribution in [-0.4, -0.2) is 65.4 Å². The van der Waals surface area contributed by atoms with E-state index in [2.05, 4.69) is 10.1 Å². The summed E-state index contributed by atoms with van der Waals surface area (Å²) in [6, 6.07) is 7.32. The van der Waals surface area contributed by atoms with E-state index in [9.17, 15) is 18.4 Å². The third-order valence-corrected chi connectivity index (χ3v) is 4.62. The number of alkyl halides is 2. The molecule has 11 heteroatoms. The molecule has 0 fully saturated rings. The van der Waals surface area contributed by atoms with Crippen LogP contribution in [0.3, 0.4) is 0 Å². The lowest BCUT2D eigenvalue weighted by molar-refractivity contribution is -0.129. The molecule has 180 valence electrons. The van der Waals surface area contributed by atoms with E-state index in [4.69, 9.17) is 18.9 Å². The SMILES string of the molecule is COc1cc(CN(C)C(=O)CNC(=O)c2cc(OC)c(OC)c(OC)c2)ccc1OC(F)F. The van der Waals surface area contributed by atoms with Crippen LogP contribution >= 0.6 is 0 Å². The standard InChI is InChI=1S/C22H26F2N2O7/c1-26(12-13-6-7-15(33-22(23)24)16(8-13)29-2)19(27)11-25-21(28)14-9-17(30-3)20(32-5)18(10-14)31-4/h6-10,22H,11-12H2,1-5H3,(H,25,28). The van der Waals surface area contributed by atoms with Crippen LogP contribution in [0.4, 0.5) is 8.78 Å². The molecule has 33 heavy (non-hydrogen) atoms. The van der Waals surface area contributed by atoms with Gasteiger partial charge in [0.2, 0.25) is 11.7 Å². The number of hydrogen-bond donors (Lipinski definition) is 1. The maximum atomic E-state index is 12.5. The number of methoxy groups -OCH3 is 4. The monoisotopic (exact) mass is 468 g/mol. The van der Waals surface area contributed by atoms with E-state index in [1.807, 2.05) is 0 Å². The average molecular weight is 468 g/mol. The number of likely N-dealkylation sites (N-methyl/N-ethyl adjacent to an activating group) is 1. The van der Waals surface area contributed by atoms with E-state index >= 15 is 0 Å². The highest BCUT2D eigenvalue weighted by molar-refractivity contribution is 5.97. The van der Waals surface area contributed by atoms with Crippen LogP contribution in [0.25, 0.3) is 0 Å². The second-order valence-electron chi connectivity index (χ2n) is 6.71. The number of rotatable bonds is 11. The largest absolute Gasteiger partial charge is 0.493 e. The molecule has 0 saturated carbocycles. The van der Waals surface area contributed by atoms with E-state index in [0.29, 0.717) is 22.8 Å². The van der Waals surface area contributed by atoms with Crippen LogP contribution in [0.1, 0.15) is 15.9 Å². The summed E-state index contributed by atoms with van der Waals surface area (Å²) < 4.78 is 50.1. The van der Waals surface area contributed by atoms with Crippen LogP contribution in [-0.2, 0) is 11.3 Å². The van der Waals surface area contributed by atoms with Gasteiger partial charge in [-0.1, -0.05) is 6.07 Å². The summed E-state index contributed by atoms with van der Waals surface area (Å²) in [5, 5.41) is 2.55. The van der Waals surface area contributed by atoms with Crippen LogP contribution in [0.5, 0.6) is 28.7 Å². The Labute approximate surface area is 190 Å². The molecule has 0 spiro atoms. The van der Waals surface area contributed by atoms with Crippen LogP contribution in [0, 0.1) is 0 Å². The van der Waals surface area contributed by atoms with Gasteiger partial charge in [-0.3, -0.25) is 9.59 Å². The number of ether oxygens (including phenoxy) is 5. The molecule has 0 aliphatic carbocycles. The molecule has 1 N–H and O–H groups in total. The molecule has 0 atom stereocenters. The number of carbonyl (C=O) groups excluding carboxylic acids is 2. The lowest BCUT2D eigenvalue weighted by atomic mass is 10.1. The normalized spacial score (nSPS) is 10.4. The van der Waals surface area contributed by atoms with Crippen molar-refractivity contribution in [1.82, 2.24) is 10.2 Å². The number of halogens is 2. The Morgan fingerprint density at radius 2 is 1.52 bits per heavy atom. The van der Waals surface area contributed by atoms with Crippen molar-refractivity contribution < 1.29 is 42.1 Å². The smallest absolute Gasteiger partial charge is 0.387 e. The van der Waals surface area contributed by atoms with E-state index in [1.54, 1.807) is 13.1 Å². The number of benzene rings is 2. The summed E-state index contributed by atoms with van der Waals surface area (Å²) in [5.74, 6) is 0.0751. The van der Waals surface area contributed by atoms with Crippen LogP contribution in [0.15, 0.2) is 30.3 Å². The summed E-state index contributed by atoms with van der Waals surface area (Å²) in [7, 11) is 7.18. The van der Waals surface area contributed by atoms with E-state index < -0.39 is 12.5 Å². The summed E-state index contributed by atoms with van der Waals surface area (Å²) >= 11 is 0. The van der Waals surface area contributed by atoms with Gasteiger partial charge in [-0.15, -0.1) is 0 Å². The topological polar surface area (TPSA) is 95.6 Å². The third-order valence-electron chi connectivity index (χ3n) is 4.62. The lowest BCUT2D eigenvalue weighted by Crippen LogP contribution is -2.37. The maximum Gasteiger partial charge on any atom is 0.387 e. The second kappa shape index (κ2) is 11.7. The van der Waals surface area contributed by atoms with E-state index in [1.165, 1.54) is 57.6 Å². The predicted molar refractivity (Wildman–Crippen MR) is 115 cm³/mol. The minimum Gasteiger partial charge on any atom is -0.493 e. The zero-order valence-corrected chi connectivity index (χ0v) is 18.9. The van der Waals surface area contributed by atoms with Gasteiger partial charge in [0.15, 0.2) is 23.0 Å². The highest BCUT2D eigenvalue weighted by Gasteiger charge is 2.19. The molecule has 0 bridgehead atoms. The first-order valence-electron chi connectivity index (χ1n) is 9.67. The predicted octanol–water partition coefficient (Wildman–Crippen LogP) is 2.71. The minimum atomic E-state index is -2.98. The fourth-order valence-corrected chi connectivity index (χ4v) is 2.97. The molecule has 0 aliphatic heterocycles. The Balaban J connectivity index is 2.02. The van der Waals surface area contributed by atoms with Crippen molar-refractivity contribution in [3.05, 3.63) is 41.5 Å².